The molecule has 2 N–H and O–H groups in total. The fourth-order valence-electron chi connectivity index (χ4n) is 1.71. The Labute approximate surface area is 88.3 Å². The monoisotopic (exact) mass is 205 g/mol. The summed E-state index contributed by atoms with van der Waals surface area (Å²) >= 11 is 0. The van der Waals surface area contributed by atoms with Gasteiger partial charge < -0.3 is 5.73 Å². The highest BCUT2D eigenvalue weighted by atomic mass is 15.3. The average Bonchev–Trinajstić information content (AvgIpc) is 2.42. The molecule has 2 aromatic rings. The van der Waals surface area contributed by atoms with Crippen LogP contribution in [0.4, 0.5) is 5.82 Å². The fourth-order valence-corrected chi connectivity index (χ4v) is 1.71. The van der Waals surface area contributed by atoms with Gasteiger partial charge in [-0.1, -0.05) is 0 Å². The van der Waals surface area contributed by atoms with Gasteiger partial charge in [0.2, 0.25) is 0 Å². The van der Waals surface area contributed by atoms with E-state index in [-0.39, 0.29) is 6.04 Å². The second-order valence-electron chi connectivity index (χ2n) is 3.98. The van der Waals surface area contributed by atoms with Gasteiger partial charge in [-0.25, -0.2) is 14.6 Å². The van der Waals surface area contributed by atoms with Gasteiger partial charge in [0.05, 0.1) is 11.1 Å². The van der Waals surface area contributed by atoms with Gasteiger partial charge in [0.1, 0.15) is 11.6 Å². The third-order valence-electron chi connectivity index (χ3n) is 2.36. The van der Waals surface area contributed by atoms with Crippen molar-refractivity contribution in [1.82, 2.24) is 19.7 Å². The van der Waals surface area contributed by atoms with Gasteiger partial charge >= 0.3 is 0 Å². The number of fused-ring (bicyclic) bond motifs is 1. The van der Waals surface area contributed by atoms with Gasteiger partial charge in [0.15, 0.2) is 5.65 Å². The fraction of sp³-hybridized carbons (Fsp3) is 0.500. The Morgan fingerprint density at radius 2 is 1.87 bits per heavy atom. The zero-order valence-electron chi connectivity index (χ0n) is 9.44. The molecule has 5 nitrogen and oxygen atoms in total. The molecule has 0 amide bonds. The number of rotatable bonds is 1. The first-order valence-corrected chi connectivity index (χ1v) is 4.99. The van der Waals surface area contributed by atoms with Crippen molar-refractivity contribution in [1.29, 1.82) is 0 Å². The number of nitrogens with zero attached hydrogens (tertiary/aromatic N) is 4. The van der Waals surface area contributed by atoms with Crippen LogP contribution in [0.25, 0.3) is 11.0 Å². The molecule has 0 aliphatic carbocycles. The normalized spacial score (nSPS) is 11.5. The Balaban J connectivity index is 2.87. The maximum absolute atomic E-state index is 5.87. The van der Waals surface area contributed by atoms with Gasteiger partial charge in [-0.3, -0.25) is 0 Å². The zero-order valence-corrected chi connectivity index (χ0v) is 9.44. The number of aromatic nitrogens is 4. The number of nitrogens with two attached hydrogens (primary N) is 1. The Kier molecular flexibility index (Phi) is 2.10. The van der Waals surface area contributed by atoms with E-state index in [2.05, 4.69) is 28.9 Å². The van der Waals surface area contributed by atoms with E-state index in [1.165, 1.54) is 0 Å². The summed E-state index contributed by atoms with van der Waals surface area (Å²) in [6, 6.07) is 0.273. The molecule has 0 saturated heterocycles. The molecule has 0 aliphatic rings. The highest BCUT2D eigenvalue weighted by Crippen LogP contribution is 2.23. The third-order valence-corrected chi connectivity index (χ3v) is 2.36. The van der Waals surface area contributed by atoms with Crippen LogP contribution >= 0.6 is 0 Å². The second-order valence-corrected chi connectivity index (χ2v) is 3.98. The summed E-state index contributed by atoms with van der Waals surface area (Å²) in [4.78, 5) is 8.54. The van der Waals surface area contributed by atoms with Crippen LogP contribution in [-0.2, 0) is 0 Å². The highest BCUT2D eigenvalue weighted by molar-refractivity contribution is 5.88. The van der Waals surface area contributed by atoms with Crippen molar-refractivity contribution in [2.75, 3.05) is 5.73 Å². The van der Waals surface area contributed by atoms with E-state index in [9.17, 15) is 0 Å². The van der Waals surface area contributed by atoms with Crippen LogP contribution in [0.15, 0.2) is 0 Å². The lowest BCUT2D eigenvalue weighted by atomic mass is 10.3. The maximum atomic E-state index is 5.87. The summed E-state index contributed by atoms with van der Waals surface area (Å²) in [6.45, 7) is 7.90. The summed E-state index contributed by atoms with van der Waals surface area (Å²) in [7, 11) is 0. The molecule has 0 aliphatic heterocycles. The minimum Gasteiger partial charge on any atom is -0.383 e. The minimum atomic E-state index is 0.273. The van der Waals surface area contributed by atoms with Gasteiger partial charge in [-0.05, 0) is 27.7 Å². The topological polar surface area (TPSA) is 69.6 Å². The van der Waals surface area contributed by atoms with E-state index in [1.54, 1.807) is 0 Å². The third kappa shape index (κ3) is 1.44. The van der Waals surface area contributed by atoms with E-state index in [1.807, 2.05) is 18.5 Å². The summed E-state index contributed by atoms with van der Waals surface area (Å²) < 4.78 is 1.88. The number of anilines is 1. The lowest BCUT2D eigenvalue weighted by Gasteiger charge is -2.06. The molecule has 80 valence electrons. The molecule has 0 spiro atoms. The molecule has 0 aromatic carbocycles. The highest BCUT2D eigenvalue weighted by Gasteiger charge is 2.14. The standard InChI is InChI=1S/C10H15N5/c1-5(2)15-10-8(6(3)14-15)9(11)12-7(4)13-10/h5H,1-4H3,(H2,11,12,13). The summed E-state index contributed by atoms with van der Waals surface area (Å²) in [6.07, 6.45) is 0. The SMILES string of the molecule is Cc1nc(N)c2c(C)nn(C(C)C)c2n1. The summed E-state index contributed by atoms with van der Waals surface area (Å²) in [5.41, 5.74) is 7.58. The van der Waals surface area contributed by atoms with Crippen molar-refractivity contribution in [3.05, 3.63) is 11.5 Å². The van der Waals surface area contributed by atoms with E-state index in [4.69, 9.17) is 5.73 Å². The van der Waals surface area contributed by atoms with Crippen molar-refractivity contribution >= 4 is 16.9 Å². The summed E-state index contributed by atoms with van der Waals surface area (Å²) in [5, 5.41) is 5.30. The Bertz CT molecular complexity index is 512. The van der Waals surface area contributed by atoms with Crippen molar-refractivity contribution in [3.63, 3.8) is 0 Å². The molecule has 2 rings (SSSR count). The smallest absolute Gasteiger partial charge is 0.164 e. The van der Waals surface area contributed by atoms with Crippen LogP contribution in [0, 0.1) is 13.8 Å². The Morgan fingerprint density at radius 1 is 1.20 bits per heavy atom. The molecular weight excluding hydrogens is 190 g/mol. The molecule has 15 heavy (non-hydrogen) atoms. The van der Waals surface area contributed by atoms with Crippen LogP contribution < -0.4 is 5.73 Å². The molecule has 0 unspecified atom stereocenters. The molecule has 0 atom stereocenters. The second kappa shape index (κ2) is 3.18. The Hall–Kier alpha value is -1.65. The van der Waals surface area contributed by atoms with Gasteiger partial charge in [0, 0.05) is 6.04 Å². The van der Waals surface area contributed by atoms with E-state index in [0.717, 1.165) is 16.7 Å². The number of hydrogen-bond acceptors (Lipinski definition) is 4. The van der Waals surface area contributed by atoms with Crippen molar-refractivity contribution in [2.24, 2.45) is 0 Å². The number of aryl methyl sites for hydroxylation is 2. The molecule has 0 bridgehead atoms. The summed E-state index contributed by atoms with van der Waals surface area (Å²) in [5.74, 6) is 1.20. The average molecular weight is 205 g/mol. The maximum Gasteiger partial charge on any atom is 0.164 e. The van der Waals surface area contributed by atoms with Crippen molar-refractivity contribution < 1.29 is 0 Å². The molecule has 0 saturated carbocycles. The predicted molar refractivity (Wildman–Crippen MR) is 59.6 cm³/mol. The van der Waals surface area contributed by atoms with Crippen LogP contribution in [0.5, 0.6) is 0 Å². The van der Waals surface area contributed by atoms with Gasteiger partial charge in [0.25, 0.3) is 0 Å². The van der Waals surface area contributed by atoms with Gasteiger partial charge in [-0.15, -0.1) is 0 Å². The predicted octanol–water partition coefficient (Wildman–Crippen LogP) is 1.61. The number of hydrogen-bond donors (Lipinski definition) is 1. The van der Waals surface area contributed by atoms with Gasteiger partial charge in [-0.2, -0.15) is 5.10 Å². The van der Waals surface area contributed by atoms with Crippen LogP contribution in [0.3, 0.4) is 0 Å². The molecule has 2 aromatic heterocycles. The van der Waals surface area contributed by atoms with Crippen LogP contribution in [0.2, 0.25) is 0 Å². The number of nitrogen functional groups attached to an aromatic ring is 1. The largest absolute Gasteiger partial charge is 0.383 e. The van der Waals surface area contributed by atoms with Crippen LogP contribution in [-0.4, -0.2) is 19.7 Å². The molecule has 0 fully saturated rings. The molecule has 2 heterocycles. The van der Waals surface area contributed by atoms with E-state index >= 15 is 0 Å². The lowest BCUT2D eigenvalue weighted by molar-refractivity contribution is 0.542. The first-order chi connectivity index (χ1) is 7.00. The first-order valence-electron chi connectivity index (χ1n) is 4.99. The molecular formula is C10H15N5. The quantitative estimate of drug-likeness (QED) is 0.767. The first kappa shape index (κ1) is 9.89. The lowest BCUT2D eigenvalue weighted by Crippen LogP contribution is -2.05. The van der Waals surface area contributed by atoms with Crippen molar-refractivity contribution in [3.8, 4) is 0 Å². The van der Waals surface area contributed by atoms with Crippen molar-refractivity contribution in [2.45, 2.75) is 33.7 Å². The molecule has 0 radical (unpaired) electrons. The minimum absolute atomic E-state index is 0.273. The van der Waals surface area contributed by atoms with E-state index < -0.39 is 0 Å². The van der Waals surface area contributed by atoms with Crippen LogP contribution in [0.1, 0.15) is 31.4 Å². The Morgan fingerprint density at radius 3 is 2.47 bits per heavy atom. The molecule has 5 heteroatoms. The zero-order chi connectivity index (χ0) is 11.2. The van der Waals surface area contributed by atoms with E-state index in [0.29, 0.717) is 11.6 Å².